The van der Waals surface area contributed by atoms with Crippen LogP contribution in [0.2, 0.25) is 0 Å². The molecule has 2 aromatic rings. The van der Waals surface area contributed by atoms with E-state index < -0.39 is 0 Å². The van der Waals surface area contributed by atoms with Gasteiger partial charge in [-0.25, -0.2) is 9.37 Å². The smallest absolute Gasteiger partial charge is 0.137 e. The van der Waals surface area contributed by atoms with E-state index in [0.29, 0.717) is 4.90 Å². The van der Waals surface area contributed by atoms with E-state index in [-0.39, 0.29) is 11.9 Å². The van der Waals surface area contributed by atoms with E-state index >= 15 is 0 Å². The van der Waals surface area contributed by atoms with Crippen molar-refractivity contribution in [2.75, 3.05) is 6.54 Å². The third-order valence-electron chi connectivity index (χ3n) is 3.01. The quantitative estimate of drug-likeness (QED) is 0.851. The maximum absolute atomic E-state index is 14.1. The highest BCUT2D eigenvalue weighted by atomic mass is 32.2. The van der Waals surface area contributed by atoms with Gasteiger partial charge in [-0.1, -0.05) is 36.9 Å². The fourth-order valence-electron chi connectivity index (χ4n) is 1.96. The lowest BCUT2D eigenvalue weighted by Crippen LogP contribution is -2.20. The molecule has 0 aliphatic heterocycles. The molecule has 1 aromatic heterocycles. The molecule has 1 unspecified atom stereocenters. The standard InChI is InChI=1S/C16H19FN2S/c1-3-10-18-12(2)13-7-6-8-14(17)16(13)20-15-9-4-5-11-19-15/h4-9,11-12,18H,3,10H2,1-2H3. The Hall–Kier alpha value is -1.39. The third kappa shape index (κ3) is 3.81. The number of rotatable bonds is 6. The molecular weight excluding hydrogens is 271 g/mol. The van der Waals surface area contributed by atoms with Crippen LogP contribution in [0.3, 0.4) is 0 Å². The number of aromatic nitrogens is 1. The minimum Gasteiger partial charge on any atom is -0.310 e. The van der Waals surface area contributed by atoms with Gasteiger partial charge in [-0.2, -0.15) is 0 Å². The van der Waals surface area contributed by atoms with Gasteiger partial charge in [0.25, 0.3) is 0 Å². The number of nitrogens with zero attached hydrogens (tertiary/aromatic N) is 1. The van der Waals surface area contributed by atoms with Gasteiger partial charge in [-0.05, 0) is 43.7 Å². The molecule has 0 aliphatic carbocycles. The molecule has 20 heavy (non-hydrogen) atoms. The van der Waals surface area contributed by atoms with Gasteiger partial charge in [0.1, 0.15) is 10.8 Å². The van der Waals surface area contributed by atoms with Crippen LogP contribution in [0.4, 0.5) is 4.39 Å². The van der Waals surface area contributed by atoms with Crippen LogP contribution in [-0.2, 0) is 0 Å². The minimum atomic E-state index is -0.191. The second-order valence-corrected chi connectivity index (χ2v) is 5.63. The lowest BCUT2D eigenvalue weighted by Gasteiger charge is -2.17. The first kappa shape index (κ1) is 15.0. The zero-order valence-corrected chi connectivity index (χ0v) is 12.6. The molecular formula is C16H19FN2S. The molecule has 0 spiro atoms. The zero-order chi connectivity index (χ0) is 14.4. The van der Waals surface area contributed by atoms with E-state index in [1.165, 1.54) is 17.8 Å². The zero-order valence-electron chi connectivity index (χ0n) is 11.8. The summed E-state index contributed by atoms with van der Waals surface area (Å²) in [5, 5.41) is 4.21. The highest BCUT2D eigenvalue weighted by Gasteiger charge is 2.15. The van der Waals surface area contributed by atoms with Gasteiger partial charge in [0.05, 0.1) is 4.90 Å². The molecule has 2 nitrogen and oxygen atoms in total. The number of benzene rings is 1. The van der Waals surface area contributed by atoms with Gasteiger partial charge in [0, 0.05) is 12.2 Å². The summed E-state index contributed by atoms with van der Waals surface area (Å²) in [5.74, 6) is -0.191. The summed E-state index contributed by atoms with van der Waals surface area (Å²) < 4.78 is 14.1. The highest BCUT2D eigenvalue weighted by Crippen LogP contribution is 2.34. The van der Waals surface area contributed by atoms with Crippen molar-refractivity contribution in [1.29, 1.82) is 0 Å². The molecule has 106 valence electrons. The highest BCUT2D eigenvalue weighted by molar-refractivity contribution is 7.99. The summed E-state index contributed by atoms with van der Waals surface area (Å²) in [6.07, 6.45) is 2.78. The van der Waals surface area contributed by atoms with Gasteiger partial charge < -0.3 is 5.32 Å². The molecule has 0 saturated heterocycles. The Bertz CT molecular complexity index is 545. The fraction of sp³-hybridized carbons (Fsp3) is 0.312. The molecule has 0 radical (unpaired) electrons. The molecule has 0 fully saturated rings. The molecule has 4 heteroatoms. The molecule has 0 aliphatic rings. The van der Waals surface area contributed by atoms with Gasteiger partial charge >= 0.3 is 0 Å². The van der Waals surface area contributed by atoms with Gasteiger partial charge in [0.15, 0.2) is 0 Å². The van der Waals surface area contributed by atoms with Crippen molar-refractivity contribution in [2.24, 2.45) is 0 Å². The van der Waals surface area contributed by atoms with E-state index in [9.17, 15) is 4.39 Å². The number of pyridine rings is 1. The Kier molecular flexibility index (Phi) is 5.56. The molecule has 1 heterocycles. The van der Waals surface area contributed by atoms with Crippen LogP contribution in [0.25, 0.3) is 0 Å². The van der Waals surface area contributed by atoms with Crippen LogP contribution in [0.1, 0.15) is 31.9 Å². The SMILES string of the molecule is CCCNC(C)c1cccc(F)c1Sc1ccccn1. The molecule has 0 bridgehead atoms. The summed E-state index contributed by atoms with van der Waals surface area (Å²) in [6.45, 7) is 5.10. The van der Waals surface area contributed by atoms with Crippen molar-refractivity contribution in [3.8, 4) is 0 Å². The maximum atomic E-state index is 14.1. The van der Waals surface area contributed by atoms with Crippen molar-refractivity contribution in [2.45, 2.75) is 36.2 Å². The normalized spacial score (nSPS) is 12.3. The monoisotopic (exact) mass is 290 g/mol. The van der Waals surface area contributed by atoms with E-state index in [1.807, 2.05) is 24.3 Å². The van der Waals surface area contributed by atoms with E-state index in [4.69, 9.17) is 0 Å². The van der Waals surface area contributed by atoms with E-state index in [2.05, 4.69) is 24.1 Å². The summed E-state index contributed by atoms with van der Waals surface area (Å²) in [6, 6.07) is 11.0. The summed E-state index contributed by atoms with van der Waals surface area (Å²) in [7, 11) is 0. The molecule has 1 N–H and O–H groups in total. The van der Waals surface area contributed by atoms with E-state index in [1.54, 1.807) is 12.3 Å². The Balaban J connectivity index is 2.26. The number of halogens is 1. The molecule has 0 amide bonds. The van der Waals surface area contributed by atoms with Crippen LogP contribution in [0.5, 0.6) is 0 Å². The minimum absolute atomic E-state index is 0.122. The van der Waals surface area contributed by atoms with Gasteiger partial charge in [-0.15, -0.1) is 0 Å². The lowest BCUT2D eigenvalue weighted by atomic mass is 10.1. The Morgan fingerprint density at radius 1 is 1.25 bits per heavy atom. The number of hydrogen-bond donors (Lipinski definition) is 1. The largest absolute Gasteiger partial charge is 0.310 e. The number of hydrogen-bond acceptors (Lipinski definition) is 3. The molecule has 2 rings (SSSR count). The molecule has 1 atom stereocenters. The van der Waals surface area contributed by atoms with Crippen molar-refractivity contribution < 1.29 is 4.39 Å². The predicted molar refractivity (Wildman–Crippen MR) is 81.5 cm³/mol. The van der Waals surface area contributed by atoms with Crippen molar-refractivity contribution >= 4 is 11.8 Å². The Morgan fingerprint density at radius 2 is 2.10 bits per heavy atom. The summed E-state index contributed by atoms with van der Waals surface area (Å²) >= 11 is 1.38. The number of nitrogens with one attached hydrogen (secondary N) is 1. The van der Waals surface area contributed by atoms with Crippen molar-refractivity contribution in [1.82, 2.24) is 10.3 Å². The first-order valence-corrected chi connectivity index (χ1v) is 7.64. The third-order valence-corrected chi connectivity index (χ3v) is 4.09. The second-order valence-electron chi connectivity index (χ2n) is 4.60. The first-order chi connectivity index (χ1) is 9.72. The predicted octanol–water partition coefficient (Wildman–Crippen LogP) is 4.43. The first-order valence-electron chi connectivity index (χ1n) is 6.83. The second kappa shape index (κ2) is 7.41. The lowest BCUT2D eigenvalue weighted by molar-refractivity contribution is 0.543. The van der Waals surface area contributed by atoms with Crippen molar-refractivity contribution in [3.05, 3.63) is 54.0 Å². The fourth-order valence-corrected chi connectivity index (χ4v) is 2.95. The Labute approximate surface area is 123 Å². The Morgan fingerprint density at radius 3 is 2.80 bits per heavy atom. The van der Waals surface area contributed by atoms with Crippen LogP contribution in [-0.4, -0.2) is 11.5 Å². The van der Waals surface area contributed by atoms with Crippen LogP contribution in [0.15, 0.2) is 52.5 Å². The van der Waals surface area contributed by atoms with Gasteiger partial charge in [-0.3, -0.25) is 0 Å². The van der Waals surface area contributed by atoms with Crippen LogP contribution in [0, 0.1) is 5.82 Å². The maximum Gasteiger partial charge on any atom is 0.137 e. The topological polar surface area (TPSA) is 24.9 Å². The van der Waals surface area contributed by atoms with Crippen LogP contribution < -0.4 is 5.32 Å². The van der Waals surface area contributed by atoms with E-state index in [0.717, 1.165) is 23.6 Å². The molecule has 0 saturated carbocycles. The summed E-state index contributed by atoms with van der Waals surface area (Å²) in [4.78, 5) is 4.91. The van der Waals surface area contributed by atoms with Gasteiger partial charge in [0.2, 0.25) is 0 Å². The van der Waals surface area contributed by atoms with Crippen molar-refractivity contribution in [3.63, 3.8) is 0 Å². The summed E-state index contributed by atoms with van der Waals surface area (Å²) in [5.41, 5.74) is 0.981. The van der Waals surface area contributed by atoms with Crippen LogP contribution >= 0.6 is 11.8 Å². The average molecular weight is 290 g/mol. The average Bonchev–Trinajstić information content (AvgIpc) is 2.48. The molecule has 1 aromatic carbocycles.